The van der Waals surface area contributed by atoms with Crippen molar-refractivity contribution in [1.29, 1.82) is 0 Å². The number of aliphatic hydroxyl groups is 1. The van der Waals surface area contributed by atoms with Crippen LogP contribution >= 0.6 is 11.8 Å². The van der Waals surface area contributed by atoms with Crippen molar-refractivity contribution in [3.8, 4) is 0 Å². The molecule has 0 radical (unpaired) electrons. The lowest BCUT2D eigenvalue weighted by molar-refractivity contribution is -0.140. The van der Waals surface area contributed by atoms with Crippen LogP contribution < -0.4 is 5.32 Å². The number of rotatable bonds is 7. The largest absolute Gasteiger partial charge is 0.480 e. The van der Waals surface area contributed by atoms with E-state index in [-0.39, 0.29) is 11.7 Å². The Morgan fingerprint density at radius 1 is 1.26 bits per heavy atom. The fourth-order valence-electron chi connectivity index (χ4n) is 1.49. The molecule has 6 heteroatoms. The number of thioether (sulfide) groups is 1. The number of hydrogen-bond donors (Lipinski definition) is 3. The summed E-state index contributed by atoms with van der Waals surface area (Å²) in [5.74, 6) is -0.847. The minimum Gasteiger partial charge on any atom is -0.480 e. The van der Waals surface area contributed by atoms with Gasteiger partial charge in [0, 0.05) is 18.4 Å². The summed E-state index contributed by atoms with van der Waals surface area (Å²) in [6, 6.07) is 8.23. The summed E-state index contributed by atoms with van der Waals surface area (Å²) in [6.07, 6.45) is -0.641. The van der Waals surface area contributed by atoms with E-state index in [1.54, 1.807) is 0 Å². The van der Waals surface area contributed by atoms with Gasteiger partial charge in [-0.15, -0.1) is 0 Å². The van der Waals surface area contributed by atoms with Gasteiger partial charge in [-0.25, -0.2) is 4.79 Å². The summed E-state index contributed by atoms with van der Waals surface area (Å²) >= 11 is 1.29. The van der Waals surface area contributed by atoms with Gasteiger partial charge in [0.15, 0.2) is 0 Å². The minimum atomic E-state index is -1.07. The molecule has 0 heterocycles. The van der Waals surface area contributed by atoms with Gasteiger partial charge in [0.1, 0.15) is 6.04 Å². The summed E-state index contributed by atoms with van der Waals surface area (Å²) in [6.45, 7) is 1.28. The maximum atomic E-state index is 10.9. The predicted octanol–water partition coefficient (Wildman–Crippen LogP) is 1.04. The molecule has 0 fully saturated rings. The first-order chi connectivity index (χ1) is 9.00. The highest BCUT2D eigenvalue weighted by Gasteiger charge is 2.19. The van der Waals surface area contributed by atoms with Crippen LogP contribution in [-0.2, 0) is 9.59 Å². The van der Waals surface area contributed by atoms with Gasteiger partial charge in [0.2, 0.25) is 5.91 Å². The molecule has 5 nitrogen and oxygen atoms in total. The first-order valence-electron chi connectivity index (χ1n) is 5.81. The zero-order valence-corrected chi connectivity index (χ0v) is 11.4. The second-order valence-electron chi connectivity index (χ2n) is 4.06. The maximum absolute atomic E-state index is 10.9. The van der Waals surface area contributed by atoms with Gasteiger partial charge >= 0.3 is 5.97 Å². The third kappa shape index (κ3) is 5.76. The Morgan fingerprint density at radius 3 is 2.42 bits per heavy atom. The molecule has 2 atom stereocenters. The van der Waals surface area contributed by atoms with E-state index in [0.29, 0.717) is 5.75 Å². The van der Waals surface area contributed by atoms with Gasteiger partial charge in [-0.3, -0.25) is 4.79 Å². The Hall–Kier alpha value is -1.53. The van der Waals surface area contributed by atoms with Gasteiger partial charge in [0.25, 0.3) is 0 Å². The van der Waals surface area contributed by atoms with Crippen LogP contribution in [0.3, 0.4) is 0 Å². The molecular formula is C13H17NO4S. The highest BCUT2D eigenvalue weighted by molar-refractivity contribution is 7.99. The summed E-state index contributed by atoms with van der Waals surface area (Å²) in [4.78, 5) is 21.7. The number of aliphatic hydroxyl groups excluding tert-OH is 1. The van der Waals surface area contributed by atoms with Crippen molar-refractivity contribution in [2.75, 3.05) is 11.5 Å². The van der Waals surface area contributed by atoms with E-state index in [0.717, 1.165) is 5.56 Å². The molecule has 0 saturated carbocycles. The molecule has 0 spiro atoms. The number of benzene rings is 1. The average Bonchev–Trinajstić information content (AvgIpc) is 2.37. The number of carboxylic acids is 1. The smallest absolute Gasteiger partial charge is 0.327 e. The lowest BCUT2D eigenvalue weighted by Gasteiger charge is -2.15. The van der Waals surface area contributed by atoms with Gasteiger partial charge in [-0.1, -0.05) is 30.3 Å². The second-order valence-corrected chi connectivity index (χ2v) is 5.13. The highest BCUT2D eigenvalue weighted by atomic mass is 32.2. The van der Waals surface area contributed by atoms with E-state index in [2.05, 4.69) is 5.32 Å². The van der Waals surface area contributed by atoms with Crippen molar-refractivity contribution in [1.82, 2.24) is 5.32 Å². The number of aliphatic carboxylic acids is 1. The third-order valence-corrected chi connectivity index (χ3v) is 3.54. The molecule has 1 amide bonds. The SMILES string of the molecule is CC(=O)N[C@@H](CSC[C@H](O)c1ccccc1)C(=O)O. The number of carboxylic acid groups (broad SMARTS) is 1. The number of amides is 1. The second kappa shape index (κ2) is 7.81. The van der Waals surface area contributed by atoms with E-state index in [4.69, 9.17) is 5.11 Å². The Morgan fingerprint density at radius 2 is 1.89 bits per heavy atom. The van der Waals surface area contributed by atoms with Crippen LogP contribution in [0.4, 0.5) is 0 Å². The van der Waals surface area contributed by atoms with Crippen molar-refractivity contribution in [2.24, 2.45) is 0 Å². The molecule has 1 rings (SSSR count). The molecule has 104 valence electrons. The maximum Gasteiger partial charge on any atom is 0.327 e. The van der Waals surface area contributed by atoms with E-state index in [9.17, 15) is 14.7 Å². The molecule has 0 bridgehead atoms. The van der Waals surface area contributed by atoms with Gasteiger partial charge in [0.05, 0.1) is 6.10 Å². The average molecular weight is 283 g/mol. The van der Waals surface area contributed by atoms with Crippen molar-refractivity contribution in [3.63, 3.8) is 0 Å². The van der Waals surface area contributed by atoms with Gasteiger partial charge in [-0.05, 0) is 5.56 Å². The van der Waals surface area contributed by atoms with Crippen LogP contribution in [-0.4, -0.2) is 39.6 Å². The van der Waals surface area contributed by atoms with Crippen LogP contribution in [0.5, 0.6) is 0 Å². The molecule has 1 aromatic rings. The number of nitrogens with one attached hydrogen (secondary N) is 1. The van der Waals surface area contributed by atoms with Crippen LogP contribution in [0.15, 0.2) is 30.3 Å². The zero-order valence-electron chi connectivity index (χ0n) is 10.6. The number of hydrogen-bond acceptors (Lipinski definition) is 4. The van der Waals surface area contributed by atoms with E-state index >= 15 is 0 Å². The number of carbonyl (C=O) groups is 2. The summed E-state index contributed by atoms with van der Waals surface area (Å²) in [5.41, 5.74) is 0.793. The van der Waals surface area contributed by atoms with Crippen LogP contribution in [0.2, 0.25) is 0 Å². The Kier molecular flexibility index (Phi) is 6.38. The van der Waals surface area contributed by atoms with E-state index in [1.807, 2.05) is 30.3 Å². The lowest BCUT2D eigenvalue weighted by atomic mass is 10.1. The Labute approximate surface area is 116 Å². The molecule has 0 saturated heterocycles. The fourth-order valence-corrected chi connectivity index (χ4v) is 2.50. The van der Waals surface area contributed by atoms with E-state index in [1.165, 1.54) is 18.7 Å². The Bertz CT molecular complexity index is 424. The summed E-state index contributed by atoms with van der Waals surface area (Å²) in [7, 11) is 0. The van der Waals surface area contributed by atoms with Crippen molar-refractivity contribution >= 4 is 23.6 Å². The molecule has 0 unspecified atom stereocenters. The molecule has 0 aliphatic heterocycles. The van der Waals surface area contributed by atoms with E-state index < -0.39 is 18.1 Å². The van der Waals surface area contributed by atoms with Crippen LogP contribution in [0.25, 0.3) is 0 Å². The molecule has 0 aliphatic carbocycles. The van der Waals surface area contributed by atoms with Crippen LogP contribution in [0, 0.1) is 0 Å². The standard InChI is InChI=1S/C13H17NO4S/c1-9(15)14-11(13(17)18)7-19-8-12(16)10-5-3-2-4-6-10/h2-6,11-12,16H,7-8H2,1H3,(H,14,15)(H,17,18)/t11-,12-/m0/s1. The normalized spacial score (nSPS) is 13.6. The number of carbonyl (C=O) groups excluding carboxylic acids is 1. The predicted molar refractivity (Wildman–Crippen MR) is 74.0 cm³/mol. The fraction of sp³-hybridized carbons (Fsp3) is 0.385. The topological polar surface area (TPSA) is 86.6 Å². The highest BCUT2D eigenvalue weighted by Crippen LogP contribution is 2.18. The van der Waals surface area contributed by atoms with Gasteiger partial charge in [-0.2, -0.15) is 11.8 Å². The summed E-state index contributed by atoms with van der Waals surface area (Å²) < 4.78 is 0. The van der Waals surface area contributed by atoms with Crippen LogP contribution in [0.1, 0.15) is 18.6 Å². The Balaban J connectivity index is 2.40. The minimum absolute atomic E-state index is 0.221. The third-order valence-electron chi connectivity index (χ3n) is 2.42. The molecular weight excluding hydrogens is 266 g/mol. The molecule has 0 aromatic heterocycles. The quantitative estimate of drug-likeness (QED) is 0.696. The van der Waals surface area contributed by atoms with Crippen molar-refractivity contribution in [2.45, 2.75) is 19.1 Å². The molecule has 0 aliphatic rings. The van der Waals surface area contributed by atoms with Crippen molar-refractivity contribution < 1.29 is 19.8 Å². The first kappa shape index (κ1) is 15.5. The molecule has 1 aromatic carbocycles. The molecule has 3 N–H and O–H groups in total. The zero-order chi connectivity index (χ0) is 14.3. The van der Waals surface area contributed by atoms with Crippen molar-refractivity contribution in [3.05, 3.63) is 35.9 Å². The summed E-state index contributed by atoms with van der Waals surface area (Å²) in [5, 5.41) is 21.2. The molecule has 19 heavy (non-hydrogen) atoms. The lowest BCUT2D eigenvalue weighted by Crippen LogP contribution is -2.41. The monoisotopic (exact) mass is 283 g/mol. The first-order valence-corrected chi connectivity index (χ1v) is 6.97. The van der Waals surface area contributed by atoms with Gasteiger partial charge < -0.3 is 15.5 Å².